The molecule has 7 heteroatoms. The Bertz CT molecular complexity index is 1640. The molecule has 1 atom stereocenters. The highest BCUT2D eigenvalue weighted by Gasteiger charge is 2.22. The number of hydrogen-bond donors (Lipinski definition) is 0. The van der Waals surface area contributed by atoms with Gasteiger partial charge in [-0.05, 0) is 65.6 Å². The van der Waals surface area contributed by atoms with E-state index in [9.17, 15) is 4.79 Å². The van der Waals surface area contributed by atoms with Crippen LogP contribution in [0.25, 0.3) is 22.0 Å². The summed E-state index contributed by atoms with van der Waals surface area (Å²) in [6, 6.07) is 21.5. The number of rotatable bonds is 1. The van der Waals surface area contributed by atoms with Crippen LogP contribution in [0.3, 0.4) is 0 Å². The summed E-state index contributed by atoms with van der Waals surface area (Å²) in [5.41, 5.74) is 5.52. The number of aryl methyl sites for hydroxylation is 2. The van der Waals surface area contributed by atoms with Crippen LogP contribution in [0.15, 0.2) is 77.9 Å². The van der Waals surface area contributed by atoms with Crippen LogP contribution in [-0.4, -0.2) is 19.3 Å². The molecule has 0 amide bonds. The Morgan fingerprint density at radius 3 is 2.68 bits per heavy atom. The van der Waals surface area contributed by atoms with E-state index in [1.807, 2.05) is 54.1 Å². The first-order valence-electron chi connectivity index (χ1n) is 11.0. The standard InChI is InChI=1S/C27H21ClN4O2/c1-16-29-15-30-32(16)27-18-6-8-24(28)20(10-18)14-34-21-5-3-4-17(11-21)22-13-26(33)31(2)25-9-7-19(27)12-23(22)25/h3-13,15,27H,14H2,1-2H3/t27-/m0/s1. The van der Waals surface area contributed by atoms with Crippen LogP contribution in [0, 0.1) is 6.92 Å². The van der Waals surface area contributed by atoms with Crippen molar-refractivity contribution in [2.45, 2.75) is 19.6 Å². The van der Waals surface area contributed by atoms with E-state index in [0.717, 1.165) is 44.5 Å². The minimum Gasteiger partial charge on any atom is -0.489 e. The van der Waals surface area contributed by atoms with Crippen molar-refractivity contribution in [1.82, 2.24) is 19.3 Å². The summed E-state index contributed by atoms with van der Waals surface area (Å²) in [7, 11) is 1.80. The quantitative estimate of drug-likeness (QED) is 0.335. The van der Waals surface area contributed by atoms with E-state index in [4.69, 9.17) is 16.3 Å². The van der Waals surface area contributed by atoms with E-state index in [1.54, 1.807) is 24.0 Å². The molecule has 168 valence electrons. The summed E-state index contributed by atoms with van der Waals surface area (Å²) >= 11 is 6.55. The van der Waals surface area contributed by atoms with Crippen molar-refractivity contribution in [2.24, 2.45) is 7.05 Å². The first-order chi connectivity index (χ1) is 16.5. The molecule has 34 heavy (non-hydrogen) atoms. The lowest BCUT2D eigenvalue weighted by Crippen LogP contribution is -2.18. The van der Waals surface area contributed by atoms with Gasteiger partial charge in [-0.3, -0.25) is 4.79 Å². The van der Waals surface area contributed by atoms with Gasteiger partial charge < -0.3 is 9.30 Å². The zero-order chi connectivity index (χ0) is 23.4. The number of ether oxygens (including phenoxy) is 1. The molecule has 0 N–H and O–H groups in total. The molecule has 3 aromatic carbocycles. The van der Waals surface area contributed by atoms with Crippen LogP contribution in [0.2, 0.25) is 5.02 Å². The number of nitrogens with zero attached hydrogens (tertiary/aromatic N) is 4. The third kappa shape index (κ3) is 3.30. The van der Waals surface area contributed by atoms with Crippen molar-refractivity contribution in [2.75, 3.05) is 0 Å². The molecule has 6 nitrogen and oxygen atoms in total. The number of pyridine rings is 1. The van der Waals surface area contributed by atoms with Crippen LogP contribution >= 0.6 is 11.6 Å². The van der Waals surface area contributed by atoms with Crippen LogP contribution in [0.4, 0.5) is 0 Å². The second-order valence-corrected chi connectivity index (χ2v) is 8.96. The highest BCUT2D eigenvalue weighted by molar-refractivity contribution is 6.31. The molecule has 0 saturated carbocycles. The third-order valence-electron chi connectivity index (χ3n) is 6.51. The predicted molar refractivity (Wildman–Crippen MR) is 132 cm³/mol. The van der Waals surface area contributed by atoms with Crippen molar-refractivity contribution in [3.05, 3.63) is 111 Å². The molecule has 6 bridgehead atoms. The lowest BCUT2D eigenvalue weighted by Gasteiger charge is -2.22. The van der Waals surface area contributed by atoms with Crippen molar-refractivity contribution >= 4 is 22.5 Å². The molecule has 0 radical (unpaired) electrons. The molecule has 1 aliphatic rings. The van der Waals surface area contributed by atoms with Crippen LogP contribution in [0.5, 0.6) is 5.75 Å². The first kappa shape index (κ1) is 20.7. The number of benzene rings is 3. The Balaban J connectivity index is 1.72. The Hall–Kier alpha value is -3.90. The van der Waals surface area contributed by atoms with Crippen LogP contribution in [0.1, 0.15) is 28.6 Å². The van der Waals surface area contributed by atoms with Crippen molar-refractivity contribution in [3.8, 4) is 16.9 Å². The summed E-state index contributed by atoms with van der Waals surface area (Å²) in [4.78, 5) is 17.2. The zero-order valence-electron chi connectivity index (χ0n) is 18.7. The van der Waals surface area contributed by atoms with E-state index in [2.05, 4.69) is 28.3 Å². The van der Waals surface area contributed by atoms with Crippen molar-refractivity contribution < 1.29 is 4.74 Å². The maximum atomic E-state index is 12.8. The van der Waals surface area contributed by atoms with E-state index < -0.39 is 0 Å². The largest absolute Gasteiger partial charge is 0.489 e. The van der Waals surface area contributed by atoms with Crippen LogP contribution in [-0.2, 0) is 13.7 Å². The monoisotopic (exact) mass is 468 g/mol. The van der Waals surface area contributed by atoms with Gasteiger partial charge in [0.25, 0.3) is 5.56 Å². The Labute approximate surface area is 201 Å². The van der Waals surface area contributed by atoms with Gasteiger partial charge in [-0.2, -0.15) is 5.10 Å². The summed E-state index contributed by atoms with van der Waals surface area (Å²) in [5.74, 6) is 1.52. The molecule has 3 heterocycles. The fraction of sp³-hybridized carbons (Fsp3) is 0.148. The second-order valence-electron chi connectivity index (χ2n) is 8.55. The smallest absolute Gasteiger partial charge is 0.251 e. The van der Waals surface area contributed by atoms with Gasteiger partial charge in [0.15, 0.2) is 0 Å². The summed E-state index contributed by atoms with van der Waals surface area (Å²) in [6.45, 7) is 2.26. The minimum absolute atomic E-state index is 0.0620. The maximum Gasteiger partial charge on any atom is 0.251 e. The lowest BCUT2D eigenvalue weighted by atomic mass is 9.93. The number of halogens is 1. The number of hydrogen-bond acceptors (Lipinski definition) is 4. The average molecular weight is 469 g/mol. The molecule has 0 aliphatic carbocycles. The summed E-state index contributed by atoms with van der Waals surface area (Å²) < 4.78 is 9.73. The molecule has 0 saturated heterocycles. The third-order valence-corrected chi connectivity index (χ3v) is 6.88. The molecule has 2 aromatic heterocycles. The summed E-state index contributed by atoms with van der Waals surface area (Å²) in [5, 5.41) is 6.16. The van der Waals surface area contributed by atoms with Gasteiger partial charge in [0.2, 0.25) is 0 Å². The Morgan fingerprint density at radius 2 is 1.85 bits per heavy atom. The average Bonchev–Trinajstić information content (AvgIpc) is 3.26. The van der Waals surface area contributed by atoms with E-state index >= 15 is 0 Å². The fourth-order valence-corrected chi connectivity index (χ4v) is 4.89. The Kier molecular flexibility index (Phi) is 4.78. The topological polar surface area (TPSA) is 61.9 Å². The normalized spacial score (nSPS) is 14.9. The Morgan fingerprint density at radius 1 is 1.03 bits per heavy atom. The highest BCUT2D eigenvalue weighted by Crippen LogP contribution is 2.36. The second kappa shape index (κ2) is 7.85. The molecule has 0 fully saturated rings. The van der Waals surface area contributed by atoms with Crippen molar-refractivity contribution in [1.29, 1.82) is 0 Å². The minimum atomic E-state index is -0.225. The number of aromatic nitrogens is 4. The van der Waals surface area contributed by atoms with Gasteiger partial charge in [0, 0.05) is 29.1 Å². The number of fused-ring (bicyclic) bond motifs is 6. The zero-order valence-corrected chi connectivity index (χ0v) is 19.5. The molecule has 5 aromatic rings. The summed E-state index contributed by atoms with van der Waals surface area (Å²) in [6.07, 6.45) is 1.57. The molecular formula is C27H21ClN4O2. The fourth-order valence-electron chi connectivity index (χ4n) is 4.71. The van der Waals surface area contributed by atoms with E-state index in [1.165, 1.54) is 0 Å². The van der Waals surface area contributed by atoms with E-state index in [-0.39, 0.29) is 11.6 Å². The predicted octanol–water partition coefficient (Wildman–Crippen LogP) is 5.29. The van der Waals surface area contributed by atoms with Gasteiger partial charge in [-0.25, -0.2) is 9.67 Å². The lowest BCUT2D eigenvalue weighted by molar-refractivity contribution is 0.306. The molecule has 0 unspecified atom stereocenters. The maximum absolute atomic E-state index is 12.8. The van der Waals surface area contributed by atoms with E-state index in [0.29, 0.717) is 17.4 Å². The SMILES string of the molecule is Cc1ncnn1[C@H]1c2ccc(Cl)c(c2)COc2cccc(c2)-c2cc(=O)n(C)c3ccc1cc23. The first-order valence-corrected chi connectivity index (χ1v) is 11.4. The van der Waals surface area contributed by atoms with Gasteiger partial charge in [0.1, 0.15) is 30.5 Å². The van der Waals surface area contributed by atoms with Gasteiger partial charge in [0.05, 0.1) is 5.52 Å². The van der Waals surface area contributed by atoms with Gasteiger partial charge in [-0.1, -0.05) is 35.9 Å². The highest BCUT2D eigenvalue weighted by atomic mass is 35.5. The van der Waals surface area contributed by atoms with Gasteiger partial charge in [-0.15, -0.1) is 0 Å². The molecule has 6 rings (SSSR count). The van der Waals surface area contributed by atoms with Gasteiger partial charge >= 0.3 is 0 Å². The molecule has 0 spiro atoms. The van der Waals surface area contributed by atoms with Crippen molar-refractivity contribution in [3.63, 3.8) is 0 Å². The molecular weight excluding hydrogens is 448 g/mol. The molecule has 1 aliphatic heterocycles. The van der Waals surface area contributed by atoms with Crippen LogP contribution < -0.4 is 10.3 Å².